The minimum absolute atomic E-state index is 0.158. The Balaban J connectivity index is 1.20. The highest BCUT2D eigenvalue weighted by atomic mass is 16.5. The van der Waals surface area contributed by atoms with Gasteiger partial charge in [0.2, 0.25) is 5.88 Å². The molecule has 0 spiro atoms. The monoisotopic (exact) mass is 365 g/mol. The fraction of sp³-hybridized carbons (Fsp3) is 0.450. The molecule has 2 aliphatic heterocycles. The van der Waals surface area contributed by atoms with Gasteiger partial charge in [-0.2, -0.15) is 9.97 Å². The molecule has 1 fully saturated rings. The fourth-order valence-electron chi connectivity index (χ4n) is 3.97. The number of benzene rings is 1. The van der Waals surface area contributed by atoms with E-state index in [0.717, 1.165) is 79.2 Å². The Kier molecular flexibility index (Phi) is 3.97. The van der Waals surface area contributed by atoms with Crippen molar-refractivity contribution in [3.05, 3.63) is 41.3 Å². The molecule has 0 N–H and O–H groups in total. The third-order valence-electron chi connectivity index (χ3n) is 5.39. The minimum Gasteiger partial charge on any atom is -0.472 e. The van der Waals surface area contributed by atoms with Crippen LogP contribution in [0.15, 0.2) is 28.7 Å². The van der Waals surface area contributed by atoms with Crippen molar-refractivity contribution >= 4 is 17.1 Å². The summed E-state index contributed by atoms with van der Waals surface area (Å²) < 4.78 is 12.0. The molecule has 0 amide bonds. The summed E-state index contributed by atoms with van der Waals surface area (Å²) in [6.45, 7) is 8.62. The van der Waals surface area contributed by atoms with Crippen LogP contribution in [0.4, 0.5) is 6.01 Å². The number of piperazine rings is 1. The zero-order valence-corrected chi connectivity index (χ0v) is 15.7. The summed E-state index contributed by atoms with van der Waals surface area (Å²) in [5, 5.41) is 0. The highest BCUT2D eigenvalue weighted by Crippen LogP contribution is 2.29. The Bertz CT molecular complexity index is 945. The number of ether oxygens (including phenoxy) is 1. The van der Waals surface area contributed by atoms with Gasteiger partial charge >= 0.3 is 0 Å². The number of hydrogen-bond donors (Lipinski definition) is 0. The first-order valence-electron chi connectivity index (χ1n) is 9.49. The first kappa shape index (κ1) is 16.5. The van der Waals surface area contributed by atoms with Gasteiger partial charge in [-0.25, -0.2) is 4.98 Å². The molecule has 0 bridgehead atoms. The Hall–Kier alpha value is -2.67. The molecule has 27 heavy (non-hydrogen) atoms. The van der Waals surface area contributed by atoms with Gasteiger partial charge in [0.1, 0.15) is 17.4 Å². The smallest absolute Gasteiger partial charge is 0.298 e. The van der Waals surface area contributed by atoms with E-state index < -0.39 is 0 Å². The number of fused-ring (bicyclic) bond motifs is 2. The predicted molar refractivity (Wildman–Crippen MR) is 102 cm³/mol. The SMILES string of the molecule is Cc1nc(C)c2c(n1)O[C@@H](CN1CCN(c3nc4ccccc4o3)CC1)C2. The number of aromatic nitrogens is 3. The average molecular weight is 365 g/mol. The predicted octanol–water partition coefficient (Wildman–Crippen LogP) is 2.36. The molecule has 7 nitrogen and oxygen atoms in total. The number of para-hydroxylation sites is 2. The molecular formula is C20H23N5O2. The summed E-state index contributed by atoms with van der Waals surface area (Å²) in [5.41, 5.74) is 3.97. The topological polar surface area (TPSA) is 67.5 Å². The average Bonchev–Trinajstić information content (AvgIpc) is 3.26. The summed E-state index contributed by atoms with van der Waals surface area (Å²) in [6.07, 6.45) is 1.05. The first-order valence-corrected chi connectivity index (χ1v) is 9.49. The molecule has 1 aromatic carbocycles. The Labute approximate surface area is 158 Å². The lowest BCUT2D eigenvalue weighted by atomic mass is 10.1. The van der Waals surface area contributed by atoms with Crippen LogP contribution in [0.25, 0.3) is 11.1 Å². The van der Waals surface area contributed by atoms with Crippen molar-refractivity contribution in [1.29, 1.82) is 0 Å². The first-order chi connectivity index (χ1) is 13.2. The van der Waals surface area contributed by atoms with Crippen molar-refractivity contribution in [1.82, 2.24) is 19.9 Å². The lowest BCUT2D eigenvalue weighted by molar-refractivity contribution is 0.141. The maximum atomic E-state index is 6.09. The molecule has 0 saturated carbocycles. The van der Waals surface area contributed by atoms with Gasteiger partial charge in [0.05, 0.1) is 0 Å². The summed E-state index contributed by atoms with van der Waals surface area (Å²) in [5.74, 6) is 1.55. The van der Waals surface area contributed by atoms with E-state index in [0.29, 0.717) is 0 Å². The van der Waals surface area contributed by atoms with Gasteiger partial charge < -0.3 is 14.1 Å². The van der Waals surface area contributed by atoms with E-state index in [1.807, 2.05) is 38.1 Å². The van der Waals surface area contributed by atoms with Gasteiger partial charge in [-0.1, -0.05) is 12.1 Å². The van der Waals surface area contributed by atoms with Crippen LogP contribution < -0.4 is 9.64 Å². The third-order valence-corrected chi connectivity index (χ3v) is 5.39. The fourth-order valence-corrected chi connectivity index (χ4v) is 3.97. The molecule has 0 unspecified atom stereocenters. The largest absolute Gasteiger partial charge is 0.472 e. The summed E-state index contributed by atoms with van der Waals surface area (Å²) >= 11 is 0. The molecule has 1 saturated heterocycles. The number of aryl methyl sites for hydroxylation is 2. The molecule has 2 aliphatic rings. The second-order valence-electron chi connectivity index (χ2n) is 7.34. The van der Waals surface area contributed by atoms with Crippen LogP contribution in [0.3, 0.4) is 0 Å². The van der Waals surface area contributed by atoms with E-state index in [1.54, 1.807) is 0 Å². The van der Waals surface area contributed by atoms with Crippen LogP contribution in [0.1, 0.15) is 17.1 Å². The number of rotatable bonds is 3. The van der Waals surface area contributed by atoms with E-state index in [-0.39, 0.29) is 6.10 Å². The second-order valence-corrected chi connectivity index (χ2v) is 7.34. The van der Waals surface area contributed by atoms with Crippen molar-refractivity contribution in [2.75, 3.05) is 37.6 Å². The van der Waals surface area contributed by atoms with Crippen LogP contribution in [0, 0.1) is 13.8 Å². The highest BCUT2D eigenvalue weighted by molar-refractivity contribution is 5.74. The molecule has 0 aliphatic carbocycles. The van der Waals surface area contributed by atoms with Gasteiger partial charge in [0.15, 0.2) is 5.58 Å². The molecule has 4 heterocycles. The standard InChI is InChI=1S/C20H23N5O2/c1-13-16-11-15(26-19(16)22-14(2)21-13)12-24-7-9-25(10-8-24)20-23-17-5-3-4-6-18(17)27-20/h3-6,15H,7-12H2,1-2H3/t15-/m1/s1. The molecule has 3 aromatic rings. The minimum atomic E-state index is 0.158. The summed E-state index contributed by atoms with van der Waals surface area (Å²) in [6, 6.07) is 8.63. The van der Waals surface area contributed by atoms with E-state index in [2.05, 4.69) is 24.8 Å². The van der Waals surface area contributed by atoms with Gasteiger partial charge in [0.25, 0.3) is 6.01 Å². The maximum absolute atomic E-state index is 6.09. The van der Waals surface area contributed by atoms with Crippen LogP contribution in [0.2, 0.25) is 0 Å². The number of oxazole rings is 1. The van der Waals surface area contributed by atoms with Crippen LogP contribution in [-0.2, 0) is 6.42 Å². The molecule has 2 aromatic heterocycles. The van der Waals surface area contributed by atoms with Crippen molar-refractivity contribution in [3.8, 4) is 5.88 Å². The molecule has 5 rings (SSSR count). The lowest BCUT2D eigenvalue weighted by Crippen LogP contribution is -2.49. The summed E-state index contributed by atoms with van der Waals surface area (Å²) in [7, 11) is 0. The zero-order valence-electron chi connectivity index (χ0n) is 15.7. The van der Waals surface area contributed by atoms with E-state index in [1.165, 1.54) is 0 Å². The van der Waals surface area contributed by atoms with Gasteiger partial charge in [-0.05, 0) is 26.0 Å². The normalized spacial score (nSPS) is 20.1. The Morgan fingerprint density at radius 2 is 1.85 bits per heavy atom. The van der Waals surface area contributed by atoms with Gasteiger partial charge in [0, 0.05) is 50.4 Å². The summed E-state index contributed by atoms with van der Waals surface area (Å²) in [4.78, 5) is 18.2. The van der Waals surface area contributed by atoms with Crippen LogP contribution in [0.5, 0.6) is 5.88 Å². The van der Waals surface area contributed by atoms with E-state index in [4.69, 9.17) is 9.15 Å². The highest BCUT2D eigenvalue weighted by Gasteiger charge is 2.30. The second kappa shape index (κ2) is 6.49. The lowest BCUT2D eigenvalue weighted by Gasteiger charge is -2.34. The number of nitrogens with zero attached hydrogens (tertiary/aromatic N) is 5. The molecular weight excluding hydrogens is 342 g/mol. The Morgan fingerprint density at radius 1 is 1.04 bits per heavy atom. The number of hydrogen-bond acceptors (Lipinski definition) is 7. The third kappa shape index (κ3) is 3.12. The maximum Gasteiger partial charge on any atom is 0.298 e. The van der Waals surface area contributed by atoms with E-state index >= 15 is 0 Å². The molecule has 0 radical (unpaired) electrons. The molecule has 7 heteroatoms. The quantitative estimate of drug-likeness (QED) is 0.706. The van der Waals surface area contributed by atoms with Crippen LogP contribution in [-0.4, -0.2) is 58.7 Å². The molecule has 140 valence electrons. The number of anilines is 1. The van der Waals surface area contributed by atoms with Crippen molar-refractivity contribution in [3.63, 3.8) is 0 Å². The molecule has 1 atom stereocenters. The van der Waals surface area contributed by atoms with Crippen LogP contribution >= 0.6 is 0 Å². The Morgan fingerprint density at radius 3 is 2.67 bits per heavy atom. The van der Waals surface area contributed by atoms with Crippen molar-refractivity contribution in [2.45, 2.75) is 26.4 Å². The van der Waals surface area contributed by atoms with Gasteiger partial charge in [-0.3, -0.25) is 4.90 Å². The van der Waals surface area contributed by atoms with Crippen molar-refractivity contribution < 1.29 is 9.15 Å². The zero-order chi connectivity index (χ0) is 18.4. The van der Waals surface area contributed by atoms with Crippen molar-refractivity contribution in [2.24, 2.45) is 0 Å². The van der Waals surface area contributed by atoms with Gasteiger partial charge in [-0.15, -0.1) is 0 Å². The van der Waals surface area contributed by atoms with E-state index in [9.17, 15) is 0 Å².